The van der Waals surface area contributed by atoms with Gasteiger partial charge in [0.2, 0.25) is 0 Å². The Bertz CT molecular complexity index is 1010. The summed E-state index contributed by atoms with van der Waals surface area (Å²) in [5.41, 5.74) is 2.10. The van der Waals surface area contributed by atoms with Gasteiger partial charge in [-0.05, 0) is 53.8 Å². The topological polar surface area (TPSA) is 35.5 Å². The van der Waals surface area contributed by atoms with E-state index in [1.807, 2.05) is 12.1 Å². The van der Waals surface area contributed by atoms with Crippen molar-refractivity contribution in [3.63, 3.8) is 0 Å². The maximum atomic E-state index is 15.0. The first-order valence-corrected chi connectivity index (χ1v) is 20.8. The SMILES string of the molecule is CCCP1(=O)c2ccccc2[C@@H](O[Si](C)(C)C(C)(C)C)[C@H](O[Si](C)(C)C(C)(C)C)c2ccccc21. The molecule has 35 heavy (non-hydrogen) atoms. The first-order valence-electron chi connectivity index (χ1n) is 13.1. The molecule has 0 bridgehead atoms. The van der Waals surface area contributed by atoms with E-state index in [-0.39, 0.29) is 22.3 Å². The number of fused-ring (bicyclic) bond motifs is 2. The average Bonchev–Trinajstić information content (AvgIpc) is 2.81. The molecule has 1 aliphatic rings. The highest BCUT2D eigenvalue weighted by Crippen LogP contribution is 2.55. The molecular weight excluding hydrogens is 483 g/mol. The lowest BCUT2D eigenvalue weighted by molar-refractivity contribution is 0.0348. The van der Waals surface area contributed by atoms with Gasteiger partial charge in [-0.15, -0.1) is 0 Å². The van der Waals surface area contributed by atoms with Gasteiger partial charge < -0.3 is 13.4 Å². The first kappa shape index (κ1) is 28.6. The maximum Gasteiger partial charge on any atom is 0.193 e. The van der Waals surface area contributed by atoms with E-state index >= 15 is 4.57 Å². The normalized spacial score (nSPS) is 20.7. The van der Waals surface area contributed by atoms with Crippen LogP contribution >= 0.6 is 7.14 Å². The summed E-state index contributed by atoms with van der Waals surface area (Å²) in [6.07, 6.45) is 0.923. The van der Waals surface area contributed by atoms with Gasteiger partial charge in [0.1, 0.15) is 19.3 Å². The van der Waals surface area contributed by atoms with Crippen molar-refractivity contribution in [1.29, 1.82) is 0 Å². The van der Waals surface area contributed by atoms with Crippen LogP contribution in [0.5, 0.6) is 0 Å². The molecule has 2 atom stereocenters. The highest BCUT2D eigenvalue weighted by Gasteiger charge is 2.49. The second-order valence-corrected chi connectivity index (χ2v) is 25.6. The molecule has 0 fully saturated rings. The van der Waals surface area contributed by atoms with Crippen molar-refractivity contribution in [2.75, 3.05) is 6.16 Å². The second-order valence-electron chi connectivity index (χ2n) is 13.2. The van der Waals surface area contributed by atoms with Gasteiger partial charge in [0.15, 0.2) is 16.6 Å². The van der Waals surface area contributed by atoms with Crippen LogP contribution < -0.4 is 10.6 Å². The maximum absolute atomic E-state index is 15.0. The van der Waals surface area contributed by atoms with Crippen LogP contribution in [0.25, 0.3) is 0 Å². The zero-order valence-corrected chi connectivity index (χ0v) is 26.8. The van der Waals surface area contributed by atoms with Gasteiger partial charge in [-0.1, -0.05) is 97.0 Å². The van der Waals surface area contributed by atoms with Gasteiger partial charge >= 0.3 is 0 Å². The number of rotatable bonds is 6. The lowest BCUT2D eigenvalue weighted by atomic mass is 9.98. The number of hydrogen-bond donors (Lipinski definition) is 0. The molecule has 0 unspecified atom stereocenters. The molecule has 0 aromatic heterocycles. The number of hydrogen-bond acceptors (Lipinski definition) is 3. The predicted octanol–water partition coefficient (Wildman–Crippen LogP) is 8.55. The molecule has 2 aromatic carbocycles. The summed E-state index contributed by atoms with van der Waals surface area (Å²) in [5, 5.41) is 2.00. The van der Waals surface area contributed by atoms with Crippen molar-refractivity contribution in [1.82, 2.24) is 0 Å². The van der Waals surface area contributed by atoms with E-state index in [1.165, 1.54) is 0 Å². The third kappa shape index (κ3) is 5.36. The van der Waals surface area contributed by atoms with Gasteiger partial charge in [0.05, 0.1) is 0 Å². The summed E-state index contributed by atoms with van der Waals surface area (Å²) in [6, 6.07) is 16.6. The molecule has 1 aliphatic heterocycles. The molecule has 194 valence electrons. The van der Waals surface area contributed by atoms with Crippen LogP contribution in [0.1, 0.15) is 78.2 Å². The van der Waals surface area contributed by atoms with E-state index in [2.05, 4.69) is 111 Å². The summed E-state index contributed by atoms with van der Waals surface area (Å²) in [4.78, 5) is 0. The van der Waals surface area contributed by atoms with E-state index in [0.717, 1.165) is 28.2 Å². The lowest BCUT2D eigenvalue weighted by Gasteiger charge is -2.45. The summed E-state index contributed by atoms with van der Waals surface area (Å²) in [7, 11) is -7.23. The smallest absolute Gasteiger partial charge is 0.193 e. The molecule has 0 amide bonds. The van der Waals surface area contributed by atoms with Crippen LogP contribution in [-0.2, 0) is 13.4 Å². The Morgan fingerprint density at radius 1 is 0.714 bits per heavy atom. The quantitative estimate of drug-likeness (QED) is 0.277. The minimum absolute atomic E-state index is 0.0441. The molecule has 3 rings (SSSR count). The van der Waals surface area contributed by atoms with Gasteiger partial charge in [-0.2, -0.15) is 0 Å². The fourth-order valence-electron chi connectivity index (χ4n) is 4.36. The van der Waals surface area contributed by atoms with Crippen molar-refractivity contribution in [2.24, 2.45) is 0 Å². The van der Waals surface area contributed by atoms with Crippen LogP contribution in [0, 0.1) is 0 Å². The van der Waals surface area contributed by atoms with E-state index < -0.39 is 23.8 Å². The molecule has 0 radical (unpaired) electrons. The van der Waals surface area contributed by atoms with Crippen molar-refractivity contribution < 1.29 is 13.4 Å². The Labute approximate surface area is 216 Å². The Morgan fingerprint density at radius 2 is 1.06 bits per heavy atom. The molecule has 0 saturated heterocycles. The number of benzene rings is 2. The van der Waals surface area contributed by atoms with Crippen molar-refractivity contribution in [2.45, 2.75) is 103 Å². The molecule has 0 N–H and O–H groups in total. The second kappa shape index (κ2) is 9.72. The van der Waals surface area contributed by atoms with Gasteiger partial charge in [-0.3, -0.25) is 0 Å². The molecule has 6 heteroatoms. The Hall–Kier alpha value is -0.976. The van der Waals surface area contributed by atoms with E-state index in [9.17, 15) is 0 Å². The van der Waals surface area contributed by atoms with E-state index in [4.69, 9.17) is 8.85 Å². The molecular formula is C29H47O3PSi2. The van der Waals surface area contributed by atoms with Crippen LogP contribution in [0.3, 0.4) is 0 Å². The standard InChI is InChI=1S/C29H47O3PSi2/c1-12-21-33(30)24-19-15-13-17-22(24)26(31-34(8,9)28(2,3)4)27(23-18-14-16-20-25(23)33)32-35(10,11)29(5,6)7/h13-20,26-27H,12,21H2,1-11H3/t26-,27-/m1/s1. The van der Waals surface area contributed by atoms with Crippen LogP contribution in [-0.4, -0.2) is 22.8 Å². The van der Waals surface area contributed by atoms with Crippen LogP contribution in [0.4, 0.5) is 0 Å². The van der Waals surface area contributed by atoms with Crippen molar-refractivity contribution >= 4 is 34.4 Å². The minimum atomic E-state index is -2.85. The monoisotopic (exact) mass is 530 g/mol. The predicted molar refractivity (Wildman–Crippen MR) is 157 cm³/mol. The largest absolute Gasteiger partial charge is 0.407 e. The van der Waals surface area contributed by atoms with Crippen LogP contribution in [0.2, 0.25) is 36.3 Å². The average molecular weight is 531 g/mol. The molecule has 1 heterocycles. The highest BCUT2D eigenvalue weighted by atomic mass is 31.2. The molecule has 2 aromatic rings. The molecule has 3 nitrogen and oxygen atoms in total. The Morgan fingerprint density at radius 3 is 1.37 bits per heavy atom. The molecule has 0 saturated carbocycles. The summed E-state index contributed by atoms with van der Waals surface area (Å²) < 4.78 is 29.6. The molecule has 0 spiro atoms. The van der Waals surface area contributed by atoms with Crippen molar-refractivity contribution in [3.05, 3.63) is 59.7 Å². The summed E-state index contributed by atoms with van der Waals surface area (Å²) in [6.45, 7) is 25.0. The highest BCUT2D eigenvalue weighted by molar-refractivity contribution is 7.78. The zero-order valence-electron chi connectivity index (χ0n) is 23.9. The van der Waals surface area contributed by atoms with Crippen LogP contribution in [0.15, 0.2) is 48.5 Å². The minimum Gasteiger partial charge on any atom is -0.407 e. The zero-order chi connectivity index (χ0) is 26.4. The van der Waals surface area contributed by atoms with Crippen molar-refractivity contribution in [3.8, 4) is 0 Å². The lowest BCUT2D eigenvalue weighted by Crippen LogP contribution is -2.47. The van der Waals surface area contributed by atoms with Gasteiger partial charge in [0, 0.05) is 16.8 Å². The summed E-state index contributed by atoms with van der Waals surface area (Å²) >= 11 is 0. The third-order valence-corrected chi connectivity index (χ3v) is 20.9. The van der Waals surface area contributed by atoms with Gasteiger partial charge in [0.25, 0.3) is 0 Å². The third-order valence-electron chi connectivity index (χ3n) is 8.53. The first-order chi connectivity index (χ1) is 16.0. The fourth-order valence-corrected chi connectivity index (χ4v) is 10.1. The fraction of sp³-hybridized carbons (Fsp3) is 0.586. The van der Waals surface area contributed by atoms with E-state index in [1.54, 1.807) is 0 Å². The van der Waals surface area contributed by atoms with E-state index in [0.29, 0.717) is 6.16 Å². The molecule has 0 aliphatic carbocycles. The van der Waals surface area contributed by atoms with Gasteiger partial charge in [-0.25, -0.2) is 0 Å². The Balaban J connectivity index is 2.38. The Kier molecular flexibility index (Phi) is 7.94. The summed E-state index contributed by atoms with van der Waals surface area (Å²) in [5.74, 6) is 0.